The van der Waals surface area contributed by atoms with Gasteiger partial charge in [0.2, 0.25) is 11.5 Å². The number of aromatic hydroxyl groups is 3. The summed E-state index contributed by atoms with van der Waals surface area (Å²) in [5.41, 5.74) is 0.470. The molecular weight excluding hydrogens is 316 g/mol. The summed E-state index contributed by atoms with van der Waals surface area (Å²) in [5, 5.41) is 29.2. The number of ketones is 1. The first-order chi connectivity index (χ1) is 11.4. The summed E-state index contributed by atoms with van der Waals surface area (Å²) >= 11 is 0. The Kier molecular flexibility index (Phi) is 3.69. The number of rotatable bonds is 3. The standard InChI is InChI=1S/C17H14O7/c1-22-12-3-8(4-13(23-2)16(12)20)5-14-17(21)15-10(19)6-9(18)7-11(15)24-14/h3-7,18-20H,1-2H3/b14-5+. The van der Waals surface area contributed by atoms with E-state index in [-0.39, 0.29) is 45.8 Å². The van der Waals surface area contributed by atoms with Crippen LogP contribution in [0.15, 0.2) is 30.0 Å². The zero-order valence-electron chi connectivity index (χ0n) is 12.9. The van der Waals surface area contributed by atoms with Gasteiger partial charge in [0, 0.05) is 12.1 Å². The summed E-state index contributed by atoms with van der Waals surface area (Å²) in [6, 6.07) is 5.31. The minimum absolute atomic E-state index is 0.0169. The van der Waals surface area contributed by atoms with E-state index in [1.807, 2.05) is 0 Å². The monoisotopic (exact) mass is 330 g/mol. The molecule has 0 saturated carbocycles. The lowest BCUT2D eigenvalue weighted by Crippen LogP contribution is -1.99. The molecule has 3 rings (SSSR count). The number of benzene rings is 2. The molecule has 0 bridgehead atoms. The predicted octanol–water partition coefficient (Wildman–Crippen LogP) is 2.44. The number of carbonyl (C=O) groups excluding carboxylic acids is 1. The van der Waals surface area contributed by atoms with E-state index in [1.165, 1.54) is 38.5 Å². The van der Waals surface area contributed by atoms with Crippen molar-refractivity contribution in [3.63, 3.8) is 0 Å². The molecule has 0 spiro atoms. The van der Waals surface area contributed by atoms with E-state index in [0.29, 0.717) is 5.56 Å². The van der Waals surface area contributed by atoms with Gasteiger partial charge in [-0.15, -0.1) is 0 Å². The van der Waals surface area contributed by atoms with E-state index in [9.17, 15) is 20.1 Å². The second kappa shape index (κ2) is 5.69. The van der Waals surface area contributed by atoms with Gasteiger partial charge in [0.05, 0.1) is 14.2 Å². The van der Waals surface area contributed by atoms with Crippen LogP contribution in [0.2, 0.25) is 0 Å². The van der Waals surface area contributed by atoms with Crippen molar-refractivity contribution < 1.29 is 34.3 Å². The second-order valence-electron chi connectivity index (χ2n) is 5.05. The van der Waals surface area contributed by atoms with Crippen LogP contribution in [0.1, 0.15) is 15.9 Å². The Bertz CT molecular complexity index is 842. The molecule has 2 aromatic carbocycles. The topological polar surface area (TPSA) is 105 Å². The molecule has 0 aromatic heterocycles. The molecule has 0 fully saturated rings. The zero-order valence-corrected chi connectivity index (χ0v) is 12.9. The van der Waals surface area contributed by atoms with Crippen LogP contribution in [0, 0.1) is 0 Å². The lowest BCUT2D eigenvalue weighted by atomic mass is 10.1. The van der Waals surface area contributed by atoms with Crippen molar-refractivity contribution >= 4 is 11.9 Å². The smallest absolute Gasteiger partial charge is 0.235 e. The van der Waals surface area contributed by atoms with Gasteiger partial charge in [-0.3, -0.25) is 4.79 Å². The van der Waals surface area contributed by atoms with Gasteiger partial charge in [0.1, 0.15) is 22.8 Å². The van der Waals surface area contributed by atoms with E-state index in [0.717, 1.165) is 6.07 Å². The Hall–Kier alpha value is -3.35. The molecule has 1 heterocycles. The van der Waals surface area contributed by atoms with Crippen molar-refractivity contribution in [2.24, 2.45) is 0 Å². The van der Waals surface area contributed by atoms with Crippen molar-refractivity contribution in [3.05, 3.63) is 41.2 Å². The Balaban J connectivity index is 2.05. The summed E-state index contributed by atoms with van der Waals surface area (Å²) in [5.74, 6) is -0.885. The number of ether oxygens (including phenoxy) is 3. The number of phenols is 3. The molecule has 124 valence electrons. The molecule has 7 nitrogen and oxygen atoms in total. The van der Waals surface area contributed by atoms with Crippen LogP contribution in [-0.2, 0) is 0 Å². The average molecular weight is 330 g/mol. The van der Waals surface area contributed by atoms with Gasteiger partial charge in [-0.05, 0) is 23.8 Å². The fourth-order valence-electron chi connectivity index (χ4n) is 2.43. The quantitative estimate of drug-likeness (QED) is 0.742. The Labute approximate surface area is 137 Å². The number of methoxy groups -OCH3 is 2. The largest absolute Gasteiger partial charge is 0.508 e. The lowest BCUT2D eigenvalue weighted by Gasteiger charge is -2.09. The normalized spacial score (nSPS) is 14.4. The highest BCUT2D eigenvalue weighted by atomic mass is 16.5. The Morgan fingerprint density at radius 1 is 1.00 bits per heavy atom. The maximum absolute atomic E-state index is 12.4. The number of carbonyl (C=O) groups is 1. The van der Waals surface area contributed by atoms with E-state index >= 15 is 0 Å². The number of fused-ring (bicyclic) bond motifs is 1. The molecule has 0 saturated heterocycles. The first-order valence-corrected chi connectivity index (χ1v) is 6.89. The molecule has 1 aliphatic rings. The van der Waals surface area contributed by atoms with Crippen molar-refractivity contribution in [1.82, 2.24) is 0 Å². The predicted molar refractivity (Wildman–Crippen MR) is 83.9 cm³/mol. The van der Waals surface area contributed by atoms with Gasteiger partial charge < -0.3 is 29.5 Å². The maximum atomic E-state index is 12.4. The van der Waals surface area contributed by atoms with Gasteiger partial charge in [-0.25, -0.2) is 0 Å². The van der Waals surface area contributed by atoms with Crippen molar-refractivity contribution in [2.45, 2.75) is 0 Å². The highest BCUT2D eigenvalue weighted by Crippen LogP contribution is 2.42. The van der Waals surface area contributed by atoms with E-state index in [2.05, 4.69) is 0 Å². The van der Waals surface area contributed by atoms with Gasteiger partial charge in [-0.1, -0.05) is 0 Å². The summed E-state index contributed by atoms with van der Waals surface area (Å²) in [6.45, 7) is 0. The van der Waals surface area contributed by atoms with Crippen LogP contribution in [0.4, 0.5) is 0 Å². The van der Waals surface area contributed by atoms with E-state index in [4.69, 9.17) is 14.2 Å². The molecule has 0 radical (unpaired) electrons. The lowest BCUT2D eigenvalue weighted by molar-refractivity contribution is 0.101. The number of Topliss-reactive ketones (excluding diaryl/α,β-unsaturated/α-hetero) is 1. The Morgan fingerprint density at radius 2 is 1.62 bits per heavy atom. The third kappa shape index (κ3) is 2.45. The maximum Gasteiger partial charge on any atom is 0.235 e. The Morgan fingerprint density at radius 3 is 2.21 bits per heavy atom. The molecule has 0 amide bonds. The van der Waals surface area contributed by atoms with Gasteiger partial charge in [-0.2, -0.15) is 0 Å². The van der Waals surface area contributed by atoms with Crippen molar-refractivity contribution in [3.8, 4) is 34.5 Å². The van der Waals surface area contributed by atoms with Crippen molar-refractivity contribution in [2.75, 3.05) is 14.2 Å². The number of allylic oxidation sites excluding steroid dienone is 1. The molecule has 0 aliphatic carbocycles. The van der Waals surface area contributed by atoms with Crippen LogP contribution in [0.25, 0.3) is 6.08 Å². The van der Waals surface area contributed by atoms with E-state index < -0.39 is 5.78 Å². The fraction of sp³-hybridized carbons (Fsp3) is 0.118. The van der Waals surface area contributed by atoms with Crippen LogP contribution >= 0.6 is 0 Å². The van der Waals surface area contributed by atoms with E-state index in [1.54, 1.807) is 0 Å². The zero-order chi connectivity index (χ0) is 17.4. The first-order valence-electron chi connectivity index (χ1n) is 6.89. The van der Waals surface area contributed by atoms with Crippen LogP contribution < -0.4 is 14.2 Å². The SMILES string of the molecule is COc1cc(/C=C2/Oc3cc(O)cc(O)c3C2=O)cc(OC)c1O. The number of hydrogen-bond donors (Lipinski definition) is 3. The fourth-order valence-corrected chi connectivity index (χ4v) is 2.43. The van der Waals surface area contributed by atoms with Gasteiger partial charge in [0.25, 0.3) is 0 Å². The highest BCUT2D eigenvalue weighted by Gasteiger charge is 2.31. The van der Waals surface area contributed by atoms with Crippen LogP contribution in [0.5, 0.6) is 34.5 Å². The second-order valence-corrected chi connectivity index (χ2v) is 5.05. The van der Waals surface area contributed by atoms with Crippen molar-refractivity contribution in [1.29, 1.82) is 0 Å². The number of phenolic OH excluding ortho intramolecular Hbond substituents is 3. The third-order valence-electron chi connectivity index (χ3n) is 3.54. The van der Waals surface area contributed by atoms with Gasteiger partial charge >= 0.3 is 0 Å². The molecule has 0 atom stereocenters. The highest BCUT2D eigenvalue weighted by molar-refractivity contribution is 6.16. The minimum Gasteiger partial charge on any atom is -0.508 e. The average Bonchev–Trinajstić information content (AvgIpc) is 2.84. The minimum atomic E-state index is -0.520. The summed E-state index contributed by atoms with van der Waals surface area (Å²) in [6.07, 6.45) is 1.42. The first kappa shape index (κ1) is 15.5. The molecule has 24 heavy (non-hydrogen) atoms. The van der Waals surface area contributed by atoms with Crippen LogP contribution in [-0.4, -0.2) is 35.3 Å². The summed E-state index contributed by atoms with van der Waals surface area (Å²) < 4.78 is 15.5. The molecular formula is C17H14O7. The molecule has 0 unspecified atom stereocenters. The molecule has 3 N–H and O–H groups in total. The molecule has 7 heteroatoms. The summed E-state index contributed by atoms with van der Waals surface area (Å²) in [4.78, 5) is 12.4. The third-order valence-corrected chi connectivity index (χ3v) is 3.54. The number of hydrogen-bond acceptors (Lipinski definition) is 7. The summed E-state index contributed by atoms with van der Waals surface area (Å²) in [7, 11) is 2.78. The van der Waals surface area contributed by atoms with Gasteiger partial charge in [0.15, 0.2) is 17.3 Å². The molecule has 2 aromatic rings. The molecule has 1 aliphatic heterocycles. The van der Waals surface area contributed by atoms with Crippen LogP contribution in [0.3, 0.4) is 0 Å².